The molecule has 0 aromatic heterocycles. The van der Waals surface area contributed by atoms with Crippen LogP contribution < -0.4 is 15.4 Å². The highest BCUT2D eigenvalue weighted by Gasteiger charge is 2.25. The molecule has 3 N–H and O–H groups in total. The lowest BCUT2D eigenvalue weighted by atomic mass is 10.1. The van der Waals surface area contributed by atoms with Gasteiger partial charge in [0.15, 0.2) is 6.61 Å². The largest absolute Gasteiger partial charge is 0.484 e. The average molecular weight is 313 g/mol. The van der Waals surface area contributed by atoms with E-state index in [-0.39, 0.29) is 18.3 Å². The predicted molar refractivity (Wildman–Crippen MR) is 73.9 cm³/mol. The molecule has 1 amide bonds. The Hall–Kier alpha value is -2.26. The molecule has 1 heterocycles. The van der Waals surface area contributed by atoms with Crippen molar-refractivity contribution in [1.29, 1.82) is 0 Å². The number of amides is 1. The number of ether oxygens (including phenoxy) is 1. The van der Waals surface area contributed by atoms with Crippen molar-refractivity contribution < 1.29 is 24.0 Å². The van der Waals surface area contributed by atoms with Crippen molar-refractivity contribution in [2.24, 2.45) is 5.92 Å². The van der Waals surface area contributed by atoms with Crippen LogP contribution in [0.3, 0.4) is 0 Å². The molecule has 0 radical (unpaired) electrons. The monoisotopic (exact) mass is 313 g/mol. The predicted octanol–water partition coefficient (Wildman–Crippen LogP) is -0.191. The minimum atomic E-state index is -1.02. The first-order valence-corrected chi connectivity index (χ1v) is 6.69. The van der Waals surface area contributed by atoms with Gasteiger partial charge in [-0.05, 0) is 6.07 Å². The Morgan fingerprint density at radius 3 is 2.91 bits per heavy atom. The molecule has 1 saturated heterocycles. The zero-order valence-corrected chi connectivity index (χ0v) is 11.6. The van der Waals surface area contributed by atoms with E-state index in [0.29, 0.717) is 19.6 Å². The smallest absolute Gasteiger partial charge is 0.305 e. The summed E-state index contributed by atoms with van der Waals surface area (Å²) in [6, 6.07) is 3.05. The fourth-order valence-corrected chi connectivity index (χ4v) is 2.10. The molecule has 1 aromatic carbocycles. The molecule has 1 aliphatic heterocycles. The third-order valence-electron chi connectivity index (χ3n) is 3.35. The molecule has 2 atom stereocenters. The van der Waals surface area contributed by atoms with E-state index in [0.717, 1.165) is 12.1 Å². The summed E-state index contributed by atoms with van der Waals surface area (Å²) in [5.41, 5.74) is -0.653. The molecule has 22 heavy (non-hydrogen) atoms. The summed E-state index contributed by atoms with van der Waals surface area (Å²) in [4.78, 5) is 21.2. The van der Waals surface area contributed by atoms with Crippen LogP contribution in [0, 0.1) is 21.8 Å². The van der Waals surface area contributed by atoms with E-state index in [4.69, 9.17) is 4.74 Å². The van der Waals surface area contributed by atoms with Crippen molar-refractivity contribution in [2.75, 3.05) is 26.2 Å². The Bertz CT molecular complexity index is 569. The molecule has 1 aromatic rings. The number of nitrogens with one attached hydrogen (secondary N) is 2. The zero-order valence-electron chi connectivity index (χ0n) is 11.6. The van der Waals surface area contributed by atoms with E-state index < -0.39 is 28.4 Å². The average Bonchev–Trinajstić information content (AvgIpc) is 2.88. The van der Waals surface area contributed by atoms with Crippen molar-refractivity contribution in [1.82, 2.24) is 10.6 Å². The number of hydrogen-bond donors (Lipinski definition) is 3. The molecule has 0 spiro atoms. The number of nitro groups is 1. The van der Waals surface area contributed by atoms with Crippen molar-refractivity contribution in [3.05, 3.63) is 34.1 Å². The molecular weight excluding hydrogens is 297 g/mol. The highest BCUT2D eigenvalue weighted by molar-refractivity contribution is 5.77. The van der Waals surface area contributed by atoms with Crippen molar-refractivity contribution in [3.8, 4) is 5.75 Å². The minimum Gasteiger partial charge on any atom is -0.484 e. The molecule has 2 unspecified atom stereocenters. The van der Waals surface area contributed by atoms with Gasteiger partial charge in [0, 0.05) is 37.7 Å². The molecule has 1 fully saturated rings. The van der Waals surface area contributed by atoms with Crippen LogP contribution in [0.2, 0.25) is 0 Å². The number of aliphatic hydroxyl groups excluding tert-OH is 1. The quantitative estimate of drug-likeness (QED) is 0.495. The van der Waals surface area contributed by atoms with Gasteiger partial charge in [-0.2, -0.15) is 4.39 Å². The summed E-state index contributed by atoms with van der Waals surface area (Å²) in [5, 5.41) is 25.6. The highest BCUT2D eigenvalue weighted by Crippen LogP contribution is 2.22. The van der Waals surface area contributed by atoms with Gasteiger partial charge in [0.2, 0.25) is 5.82 Å². The normalized spacial score (nSPS) is 20.6. The molecule has 120 valence electrons. The molecule has 9 heteroatoms. The number of aliphatic hydroxyl groups is 1. The van der Waals surface area contributed by atoms with Gasteiger partial charge in [0.25, 0.3) is 5.91 Å². The second-order valence-corrected chi connectivity index (χ2v) is 4.95. The summed E-state index contributed by atoms with van der Waals surface area (Å²) in [6.07, 6.45) is -0.495. The van der Waals surface area contributed by atoms with Crippen LogP contribution in [0.5, 0.6) is 5.75 Å². The zero-order chi connectivity index (χ0) is 16.1. The van der Waals surface area contributed by atoms with Gasteiger partial charge in [-0.25, -0.2) is 0 Å². The number of halogens is 1. The highest BCUT2D eigenvalue weighted by atomic mass is 19.1. The molecule has 2 rings (SSSR count). The number of carbonyl (C=O) groups excluding carboxylic acids is 1. The summed E-state index contributed by atoms with van der Waals surface area (Å²) < 4.78 is 18.4. The van der Waals surface area contributed by atoms with Crippen LogP contribution in [0.4, 0.5) is 10.1 Å². The van der Waals surface area contributed by atoms with E-state index in [1.54, 1.807) is 0 Å². The second-order valence-electron chi connectivity index (χ2n) is 4.95. The van der Waals surface area contributed by atoms with E-state index in [1.807, 2.05) is 0 Å². The number of nitro benzene ring substituents is 1. The van der Waals surface area contributed by atoms with Gasteiger partial charge in [0.1, 0.15) is 5.75 Å². The SMILES string of the molecule is O=C(COc1ccc([N+](=O)[O-])c(F)c1)NCC1CNCC1O. The lowest BCUT2D eigenvalue weighted by molar-refractivity contribution is -0.387. The van der Waals surface area contributed by atoms with Crippen LogP contribution in [0.25, 0.3) is 0 Å². The fourth-order valence-electron chi connectivity index (χ4n) is 2.10. The topological polar surface area (TPSA) is 114 Å². The maximum atomic E-state index is 13.4. The summed E-state index contributed by atoms with van der Waals surface area (Å²) in [7, 11) is 0. The Balaban J connectivity index is 1.78. The first kappa shape index (κ1) is 16.1. The molecule has 1 aliphatic rings. The van der Waals surface area contributed by atoms with Gasteiger partial charge in [0.05, 0.1) is 11.0 Å². The fraction of sp³-hybridized carbons (Fsp3) is 0.462. The first-order valence-electron chi connectivity index (χ1n) is 6.69. The lowest BCUT2D eigenvalue weighted by Gasteiger charge is -2.14. The molecule has 0 aliphatic carbocycles. The number of hydrogen-bond acceptors (Lipinski definition) is 6. The van der Waals surface area contributed by atoms with E-state index in [1.165, 1.54) is 6.07 Å². The third-order valence-corrected chi connectivity index (χ3v) is 3.35. The van der Waals surface area contributed by atoms with E-state index in [2.05, 4.69) is 10.6 Å². The number of carbonyl (C=O) groups is 1. The van der Waals surface area contributed by atoms with Crippen molar-refractivity contribution in [2.45, 2.75) is 6.10 Å². The Kier molecular flexibility index (Phi) is 5.23. The van der Waals surface area contributed by atoms with Crippen LogP contribution in [-0.2, 0) is 4.79 Å². The minimum absolute atomic E-state index is 0.0285. The second kappa shape index (κ2) is 7.14. The summed E-state index contributed by atoms with van der Waals surface area (Å²) in [5.74, 6) is -1.47. The molecule has 8 nitrogen and oxygen atoms in total. The summed E-state index contributed by atoms with van der Waals surface area (Å²) in [6.45, 7) is 1.09. The number of nitrogens with zero attached hydrogens (tertiary/aromatic N) is 1. The maximum Gasteiger partial charge on any atom is 0.305 e. The standard InChI is InChI=1S/C13H16FN3O5/c14-10-3-9(1-2-11(10)17(20)21)22-7-13(19)16-5-8-4-15-6-12(8)18/h1-3,8,12,15,18H,4-7H2,(H,16,19). The Morgan fingerprint density at radius 2 is 2.32 bits per heavy atom. The van der Waals surface area contributed by atoms with Crippen LogP contribution >= 0.6 is 0 Å². The third kappa shape index (κ3) is 4.12. The van der Waals surface area contributed by atoms with Gasteiger partial charge in [-0.1, -0.05) is 0 Å². The van der Waals surface area contributed by atoms with Crippen LogP contribution in [-0.4, -0.2) is 48.3 Å². The molecule has 0 saturated carbocycles. The number of benzene rings is 1. The molecular formula is C13H16FN3O5. The Labute approximate surface area is 125 Å². The van der Waals surface area contributed by atoms with Crippen molar-refractivity contribution >= 4 is 11.6 Å². The van der Waals surface area contributed by atoms with Gasteiger partial charge < -0.3 is 20.5 Å². The van der Waals surface area contributed by atoms with Crippen LogP contribution in [0.1, 0.15) is 0 Å². The van der Waals surface area contributed by atoms with Crippen LogP contribution in [0.15, 0.2) is 18.2 Å². The number of rotatable bonds is 6. The molecule has 0 bridgehead atoms. The first-order chi connectivity index (χ1) is 10.5. The Morgan fingerprint density at radius 1 is 1.55 bits per heavy atom. The van der Waals surface area contributed by atoms with Crippen molar-refractivity contribution in [3.63, 3.8) is 0 Å². The van der Waals surface area contributed by atoms with Gasteiger partial charge >= 0.3 is 5.69 Å². The van der Waals surface area contributed by atoms with E-state index in [9.17, 15) is 24.4 Å². The maximum absolute atomic E-state index is 13.4. The summed E-state index contributed by atoms with van der Waals surface area (Å²) >= 11 is 0. The van der Waals surface area contributed by atoms with Gasteiger partial charge in [-0.3, -0.25) is 14.9 Å². The number of β-amino-alcohol motifs (C(OH)–C–C–N with tert-alkyl or cyclic N) is 1. The lowest BCUT2D eigenvalue weighted by Crippen LogP contribution is -2.36. The van der Waals surface area contributed by atoms with Gasteiger partial charge in [-0.15, -0.1) is 0 Å². The van der Waals surface area contributed by atoms with E-state index >= 15 is 0 Å².